The fourth-order valence-corrected chi connectivity index (χ4v) is 4.93. The monoisotopic (exact) mass is 452 g/mol. The summed E-state index contributed by atoms with van der Waals surface area (Å²) in [5.74, 6) is 0. The van der Waals surface area contributed by atoms with Gasteiger partial charge in [0.05, 0.1) is 22.2 Å². The summed E-state index contributed by atoms with van der Waals surface area (Å²) in [6.45, 7) is 5.07. The number of hydrogen-bond acceptors (Lipinski definition) is 3. The molecule has 0 unspecified atom stereocenters. The minimum atomic E-state index is 0.787. The summed E-state index contributed by atoms with van der Waals surface area (Å²) >= 11 is 6.05. The van der Waals surface area contributed by atoms with Crippen molar-refractivity contribution in [3.63, 3.8) is 0 Å². The summed E-state index contributed by atoms with van der Waals surface area (Å²) in [5.41, 5.74) is 8.08. The maximum atomic E-state index is 6.05. The van der Waals surface area contributed by atoms with E-state index in [2.05, 4.69) is 93.2 Å². The topological polar surface area (TPSA) is 23.8 Å². The smallest absolute Gasteiger partial charge is 0.0950 e. The van der Waals surface area contributed by atoms with Gasteiger partial charge in [0, 0.05) is 55.2 Å². The van der Waals surface area contributed by atoms with Gasteiger partial charge in [0.2, 0.25) is 0 Å². The van der Waals surface area contributed by atoms with E-state index in [0.29, 0.717) is 0 Å². The van der Waals surface area contributed by atoms with Crippen LogP contribution in [0.3, 0.4) is 0 Å². The highest BCUT2D eigenvalue weighted by Crippen LogP contribution is 2.29. The standard InChI is InChI=1S/C28H25ClN4/c29-23-10-12-24(13-11-23)32-16-14-31(15-17-32)19-21-18-27-28(22-6-2-1-3-7-22)30-25-8-4-5-9-26(25)33(27)20-21/h1-13,18,20H,14-17,19H2. The van der Waals surface area contributed by atoms with Crippen molar-refractivity contribution in [1.29, 1.82) is 0 Å². The molecule has 164 valence electrons. The van der Waals surface area contributed by atoms with E-state index in [4.69, 9.17) is 16.6 Å². The Hall–Kier alpha value is -3.34. The van der Waals surface area contributed by atoms with Crippen molar-refractivity contribution in [2.24, 2.45) is 0 Å². The Bertz CT molecular complexity index is 1400. The number of benzene rings is 3. The SMILES string of the molecule is Clc1ccc(N2CCN(Cc3cc4c(-c5ccccc5)nc5ccccc5n4c3)CC2)cc1. The lowest BCUT2D eigenvalue weighted by Crippen LogP contribution is -2.45. The Morgan fingerprint density at radius 1 is 0.758 bits per heavy atom. The lowest BCUT2D eigenvalue weighted by atomic mass is 10.1. The number of piperazine rings is 1. The second-order valence-corrected chi connectivity index (χ2v) is 9.09. The molecule has 5 aromatic rings. The molecule has 0 saturated carbocycles. The van der Waals surface area contributed by atoms with Gasteiger partial charge >= 0.3 is 0 Å². The third kappa shape index (κ3) is 3.97. The summed E-state index contributed by atoms with van der Waals surface area (Å²) in [4.78, 5) is 10.0. The van der Waals surface area contributed by atoms with Crippen LogP contribution in [0.5, 0.6) is 0 Å². The van der Waals surface area contributed by atoms with Gasteiger partial charge in [-0.2, -0.15) is 0 Å². The van der Waals surface area contributed by atoms with E-state index in [-0.39, 0.29) is 0 Å². The molecular weight excluding hydrogens is 428 g/mol. The van der Waals surface area contributed by atoms with Crippen LogP contribution < -0.4 is 4.90 Å². The maximum Gasteiger partial charge on any atom is 0.0950 e. The Balaban J connectivity index is 1.28. The molecule has 0 N–H and O–H groups in total. The van der Waals surface area contributed by atoms with Gasteiger partial charge in [0.25, 0.3) is 0 Å². The fraction of sp³-hybridized carbons (Fsp3) is 0.179. The molecular formula is C28H25ClN4. The van der Waals surface area contributed by atoms with Gasteiger partial charge in [-0.05, 0) is 48.0 Å². The van der Waals surface area contributed by atoms with Crippen molar-refractivity contribution < 1.29 is 0 Å². The molecule has 1 saturated heterocycles. The van der Waals surface area contributed by atoms with Crippen molar-refractivity contribution in [2.45, 2.75) is 6.54 Å². The molecule has 1 fully saturated rings. The first kappa shape index (κ1) is 20.3. The molecule has 2 aromatic heterocycles. The zero-order chi connectivity index (χ0) is 22.2. The molecule has 1 aliphatic heterocycles. The molecule has 0 spiro atoms. The first-order valence-corrected chi connectivity index (χ1v) is 11.8. The van der Waals surface area contributed by atoms with Crippen LogP contribution in [-0.4, -0.2) is 40.5 Å². The van der Waals surface area contributed by atoms with E-state index >= 15 is 0 Å². The summed E-state index contributed by atoms with van der Waals surface area (Å²) in [6.07, 6.45) is 2.29. The van der Waals surface area contributed by atoms with Crippen LogP contribution in [0.1, 0.15) is 5.56 Å². The van der Waals surface area contributed by atoms with E-state index in [1.807, 2.05) is 12.1 Å². The van der Waals surface area contributed by atoms with Gasteiger partial charge in [0.1, 0.15) is 0 Å². The number of rotatable bonds is 4. The molecule has 6 rings (SSSR count). The van der Waals surface area contributed by atoms with Gasteiger partial charge in [-0.3, -0.25) is 4.90 Å². The normalized spacial score (nSPS) is 14.9. The average molecular weight is 453 g/mol. The Morgan fingerprint density at radius 2 is 1.48 bits per heavy atom. The van der Waals surface area contributed by atoms with Crippen molar-refractivity contribution in [3.8, 4) is 11.3 Å². The predicted octanol–water partition coefficient (Wildman–Crippen LogP) is 6.13. The van der Waals surface area contributed by atoms with Gasteiger partial charge < -0.3 is 9.30 Å². The van der Waals surface area contributed by atoms with Crippen LogP contribution in [0.4, 0.5) is 5.69 Å². The zero-order valence-corrected chi connectivity index (χ0v) is 19.1. The molecule has 0 atom stereocenters. The van der Waals surface area contributed by atoms with Crippen LogP contribution in [0, 0.1) is 0 Å². The quantitative estimate of drug-likeness (QED) is 0.327. The summed E-state index contributed by atoms with van der Waals surface area (Å²) in [6, 6.07) is 29.3. The number of halogens is 1. The summed E-state index contributed by atoms with van der Waals surface area (Å²) in [7, 11) is 0. The predicted molar refractivity (Wildman–Crippen MR) is 137 cm³/mol. The lowest BCUT2D eigenvalue weighted by Gasteiger charge is -2.36. The third-order valence-corrected chi connectivity index (χ3v) is 6.76. The fourth-order valence-electron chi connectivity index (χ4n) is 4.81. The van der Waals surface area contributed by atoms with Crippen molar-refractivity contribution in [2.75, 3.05) is 31.1 Å². The number of para-hydroxylation sites is 2. The van der Waals surface area contributed by atoms with Gasteiger partial charge in [-0.15, -0.1) is 0 Å². The first-order valence-electron chi connectivity index (χ1n) is 11.4. The van der Waals surface area contributed by atoms with Crippen molar-refractivity contribution in [3.05, 3.63) is 102 Å². The molecule has 3 heterocycles. The second-order valence-electron chi connectivity index (χ2n) is 8.66. The third-order valence-electron chi connectivity index (χ3n) is 6.51. The van der Waals surface area contributed by atoms with Crippen LogP contribution in [-0.2, 0) is 6.54 Å². The highest BCUT2D eigenvalue weighted by molar-refractivity contribution is 6.30. The zero-order valence-electron chi connectivity index (χ0n) is 18.4. The first-order chi connectivity index (χ1) is 16.2. The van der Waals surface area contributed by atoms with Gasteiger partial charge in [-0.25, -0.2) is 4.98 Å². The van der Waals surface area contributed by atoms with E-state index in [1.54, 1.807) is 0 Å². The number of fused-ring (bicyclic) bond motifs is 3. The van der Waals surface area contributed by atoms with E-state index < -0.39 is 0 Å². The summed E-state index contributed by atoms with van der Waals surface area (Å²) < 4.78 is 2.31. The molecule has 33 heavy (non-hydrogen) atoms. The van der Waals surface area contributed by atoms with Crippen LogP contribution >= 0.6 is 11.6 Å². The van der Waals surface area contributed by atoms with Crippen LogP contribution in [0.25, 0.3) is 27.8 Å². The molecule has 0 radical (unpaired) electrons. The lowest BCUT2D eigenvalue weighted by molar-refractivity contribution is 0.250. The average Bonchev–Trinajstić information content (AvgIpc) is 3.29. The largest absolute Gasteiger partial charge is 0.369 e. The Kier molecular flexibility index (Phi) is 5.25. The molecule has 0 aliphatic carbocycles. The number of anilines is 1. The van der Waals surface area contributed by atoms with Crippen LogP contribution in [0.2, 0.25) is 5.02 Å². The van der Waals surface area contributed by atoms with E-state index in [9.17, 15) is 0 Å². The van der Waals surface area contributed by atoms with Crippen LogP contribution in [0.15, 0.2) is 91.1 Å². The highest BCUT2D eigenvalue weighted by atomic mass is 35.5. The molecule has 1 aliphatic rings. The number of hydrogen-bond donors (Lipinski definition) is 0. The number of nitrogens with zero attached hydrogens (tertiary/aromatic N) is 4. The van der Waals surface area contributed by atoms with Crippen molar-refractivity contribution >= 4 is 33.8 Å². The molecule has 3 aromatic carbocycles. The molecule has 0 amide bonds. The Labute approximate surface area is 198 Å². The second kappa shape index (κ2) is 8.54. The molecule has 5 heteroatoms. The van der Waals surface area contributed by atoms with E-state index in [1.165, 1.54) is 11.3 Å². The number of aromatic nitrogens is 2. The minimum absolute atomic E-state index is 0.787. The molecule has 4 nitrogen and oxygen atoms in total. The minimum Gasteiger partial charge on any atom is -0.369 e. The van der Waals surface area contributed by atoms with Gasteiger partial charge in [-0.1, -0.05) is 54.1 Å². The van der Waals surface area contributed by atoms with E-state index in [0.717, 1.165) is 65.6 Å². The Morgan fingerprint density at radius 3 is 2.27 bits per heavy atom. The molecule has 0 bridgehead atoms. The maximum absolute atomic E-state index is 6.05. The van der Waals surface area contributed by atoms with Crippen molar-refractivity contribution in [1.82, 2.24) is 14.3 Å². The van der Waals surface area contributed by atoms with Gasteiger partial charge in [0.15, 0.2) is 0 Å². The summed E-state index contributed by atoms with van der Waals surface area (Å²) in [5, 5.41) is 0.787. The highest BCUT2D eigenvalue weighted by Gasteiger charge is 2.19.